The molecule has 1 heterocycles. The molecule has 3 N–H and O–H groups in total. The number of hydrogen-bond acceptors (Lipinski definition) is 4. The Morgan fingerprint density at radius 1 is 1.40 bits per heavy atom. The Labute approximate surface area is 93.3 Å². The number of nitrogens with zero attached hydrogens (tertiary/aromatic N) is 1. The number of fused-ring (bicyclic) bond motifs is 2. The Balaban J connectivity index is 1.90. The summed E-state index contributed by atoms with van der Waals surface area (Å²) in [5.41, 5.74) is 5.00. The first kappa shape index (κ1) is 9.60. The Morgan fingerprint density at radius 3 is 2.60 bits per heavy atom. The molecular weight excluding hydrogens is 208 g/mol. The number of rotatable bonds is 1. The molecule has 0 aromatic carbocycles. The van der Waals surface area contributed by atoms with E-state index in [2.05, 4.69) is 4.98 Å². The molecule has 2 aliphatic rings. The van der Waals surface area contributed by atoms with E-state index in [4.69, 9.17) is 5.73 Å². The van der Waals surface area contributed by atoms with Crippen LogP contribution in [0.2, 0.25) is 0 Å². The van der Waals surface area contributed by atoms with E-state index in [1.54, 1.807) is 6.20 Å². The summed E-state index contributed by atoms with van der Waals surface area (Å²) in [6.07, 6.45) is 7.47. The molecule has 4 heteroatoms. The fourth-order valence-corrected chi connectivity index (χ4v) is 4.08. The average molecular weight is 224 g/mol. The predicted octanol–water partition coefficient (Wildman–Crippen LogP) is 2.12. The van der Waals surface area contributed by atoms with E-state index in [0.29, 0.717) is 5.13 Å². The zero-order valence-corrected chi connectivity index (χ0v) is 9.46. The number of aliphatic hydroxyl groups is 1. The first-order chi connectivity index (χ1) is 7.16. The molecule has 3 atom stereocenters. The number of aromatic nitrogens is 1. The van der Waals surface area contributed by atoms with Crippen LogP contribution in [-0.2, 0) is 5.60 Å². The van der Waals surface area contributed by atoms with Crippen molar-refractivity contribution in [2.45, 2.75) is 37.7 Å². The molecule has 1 aromatic rings. The van der Waals surface area contributed by atoms with Crippen LogP contribution in [0.4, 0.5) is 5.13 Å². The molecule has 2 fully saturated rings. The lowest BCUT2D eigenvalue weighted by molar-refractivity contribution is -0.0225. The first-order valence-electron chi connectivity index (χ1n) is 5.60. The van der Waals surface area contributed by atoms with Gasteiger partial charge in [-0.25, -0.2) is 4.98 Å². The molecule has 3 rings (SSSR count). The maximum atomic E-state index is 10.7. The Morgan fingerprint density at radius 2 is 2.07 bits per heavy atom. The highest BCUT2D eigenvalue weighted by molar-refractivity contribution is 7.15. The average Bonchev–Trinajstić information content (AvgIpc) is 2.74. The van der Waals surface area contributed by atoms with Crippen LogP contribution < -0.4 is 5.73 Å². The van der Waals surface area contributed by atoms with Gasteiger partial charge in [-0.3, -0.25) is 0 Å². The van der Waals surface area contributed by atoms with Crippen LogP contribution in [0.5, 0.6) is 0 Å². The van der Waals surface area contributed by atoms with Crippen LogP contribution in [0.3, 0.4) is 0 Å². The van der Waals surface area contributed by atoms with Crippen molar-refractivity contribution in [1.29, 1.82) is 0 Å². The minimum absolute atomic E-state index is 0.566. The van der Waals surface area contributed by atoms with Crippen molar-refractivity contribution in [1.82, 2.24) is 4.98 Å². The highest BCUT2D eigenvalue weighted by Crippen LogP contribution is 2.51. The van der Waals surface area contributed by atoms with Gasteiger partial charge in [0.15, 0.2) is 5.13 Å². The molecule has 0 saturated heterocycles. The quantitative estimate of drug-likeness (QED) is 0.768. The van der Waals surface area contributed by atoms with E-state index in [9.17, 15) is 5.11 Å². The molecule has 0 amide bonds. The second-order valence-corrected chi connectivity index (χ2v) is 6.11. The molecule has 3 nitrogen and oxygen atoms in total. The van der Waals surface area contributed by atoms with Gasteiger partial charge < -0.3 is 10.8 Å². The van der Waals surface area contributed by atoms with Crippen molar-refractivity contribution >= 4 is 16.5 Å². The summed E-state index contributed by atoms with van der Waals surface area (Å²) in [6, 6.07) is 0. The van der Waals surface area contributed by atoms with Gasteiger partial charge in [0.25, 0.3) is 0 Å². The van der Waals surface area contributed by atoms with Crippen LogP contribution in [0, 0.1) is 11.8 Å². The van der Waals surface area contributed by atoms with E-state index < -0.39 is 5.60 Å². The van der Waals surface area contributed by atoms with Crippen LogP contribution in [0.15, 0.2) is 6.20 Å². The summed E-state index contributed by atoms with van der Waals surface area (Å²) in [4.78, 5) is 5.01. The fraction of sp³-hybridized carbons (Fsp3) is 0.727. The summed E-state index contributed by atoms with van der Waals surface area (Å²) in [5, 5.41) is 11.2. The Bertz CT molecular complexity index is 364. The molecule has 2 aliphatic carbocycles. The van der Waals surface area contributed by atoms with Gasteiger partial charge in [-0.05, 0) is 31.1 Å². The number of anilines is 1. The highest BCUT2D eigenvalue weighted by atomic mass is 32.1. The van der Waals surface area contributed by atoms with Gasteiger partial charge in [-0.1, -0.05) is 24.2 Å². The predicted molar refractivity (Wildman–Crippen MR) is 60.5 cm³/mol. The van der Waals surface area contributed by atoms with Gasteiger partial charge in [0.05, 0.1) is 4.88 Å². The van der Waals surface area contributed by atoms with Crippen molar-refractivity contribution in [2.75, 3.05) is 5.73 Å². The van der Waals surface area contributed by atoms with Crippen molar-refractivity contribution < 1.29 is 5.11 Å². The summed E-state index contributed by atoms with van der Waals surface area (Å²) in [5.74, 6) is 1.44. The molecule has 0 radical (unpaired) electrons. The van der Waals surface area contributed by atoms with E-state index in [1.165, 1.54) is 30.6 Å². The zero-order chi connectivity index (χ0) is 10.5. The number of thiazole rings is 1. The highest BCUT2D eigenvalue weighted by Gasteiger charge is 2.44. The number of hydrogen-bond donors (Lipinski definition) is 2. The summed E-state index contributed by atoms with van der Waals surface area (Å²) in [7, 11) is 0. The minimum atomic E-state index is -0.626. The Hall–Kier alpha value is -0.610. The number of nitrogens with two attached hydrogens (primary N) is 1. The van der Waals surface area contributed by atoms with Crippen molar-refractivity contribution in [3.8, 4) is 0 Å². The van der Waals surface area contributed by atoms with Crippen LogP contribution in [-0.4, -0.2) is 10.1 Å². The molecule has 1 aromatic heterocycles. The number of nitrogen functional groups attached to an aromatic ring is 1. The molecule has 2 bridgehead atoms. The second kappa shape index (κ2) is 3.19. The largest absolute Gasteiger partial charge is 0.384 e. The molecule has 2 saturated carbocycles. The summed E-state index contributed by atoms with van der Waals surface area (Å²) in [6.45, 7) is 0. The second-order valence-electron chi connectivity index (χ2n) is 5.05. The third-order valence-electron chi connectivity index (χ3n) is 3.88. The van der Waals surface area contributed by atoms with Gasteiger partial charge in [-0.15, -0.1) is 0 Å². The lowest BCUT2D eigenvalue weighted by Gasteiger charge is -2.35. The van der Waals surface area contributed by atoms with Gasteiger partial charge in [0, 0.05) is 6.20 Å². The monoisotopic (exact) mass is 224 g/mol. The van der Waals surface area contributed by atoms with Crippen molar-refractivity contribution in [2.24, 2.45) is 11.8 Å². The molecule has 82 valence electrons. The third kappa shape index (κ3) is 1.56. The molecular formula is C11H16N2OS. The van der Waals surface area contributed by atoms with Gasteiger partial charge in [0.1, 0.15) is 5.60 Å². The minimum Gasteiger partial charge on any atom is -0.384 e. The normalized spacial score (nSPS) is 39.5. The van der Waals surface area contributed by atoms with Gasteiger partial charge >= 0.3 is 0 Å². The molecule has 15 heavy (non-hydrogen) atoms. The molecule has 0 spiro atoms. The van der Waals surface area contributed by atoms with Crippen LogP contribution in [0.1, 0.15) is 37.0 Å². The van der Waals surface area contributed by atoms with Crippen molar-refractivity contribution in [3.63, 3.8) is 0 Å². The van der Waals surface area contributed by atoms with Gasteiger partial charge in [0.2, 0.25) is 0 Å². The molecule has 0 aliphatic heterocycles. The lowest BCUT2D eigenvalue weighted by atomic mass is 9.77. The fourth-order valence-electron chi connectivity index (χ4n) is 3.29. The smallest absolute Gasteiger partial charge is 0.180 e. The van der Waals surface area contributed by atoms with Gasteiger partial charge in [-0.2, -0.15) is 0 Å². The van der Waals surface area contributed by atoms with Crippen LogP contribution >= 0.6 is 11.3 Å². The summed E-state index contributed by atoms with van der Waals surface area (Å²) >= 11 is 1.44. The first-order valence-corrected chi connectivity index (χ1v) is 6.41. The Kier molecular flexibility index (Phi) is 2.04. The van der Waals surface area contributed by atoms with E-state index >= 15 is 0 Å². The standard InChI is InChI=1S/C11H16N2OS/c12-10-13-6-9(15-10)11(14)4-7-1-2-8(3-7)5-11/h6-8,14H,1-5H2,(H2,12,13)/t7-,8+,11?. The topological polar surface area (TPSA) is 59.1 Å². The maximum Gasteiger partial charge on any atom is 0.180 e. The van der Waals surface area contributed by atoms with E-state index in [1.807, 2.05) is 0 Å². The lowest BCUT2D eigenvalue weighted by Crippen LogP contribution is -2.32. The van der Waals surface area contributed by atoms with Crippen molar-refractivity contribution in [3.05, 3.63) is 11.1 Å². The molecule has 1 unspecified atom stereocenters. The third-order valence-corrected chi connectivity index (χ3v) is 4.90. The SMILES string of the molecule is Nc1ncc(C2(O)C[C@@H]3CC[C@@H](C3)C2)s1. The van der Waals surface area contributed by atoms with E-state index in [0.717, 1.165) is 29.6 Å². The summed E-state index contributed by atoms with van der Waals surface area (Å²) < 4.78 is 0. The van der Waals surface area contributed by atoms with Crippen LogP contribution in [0.25, 0.3) is 0 Å². The van der Waals surface area contributed by atoms with E-state index in [-0.39, 0.29) is 0 Å². The zero-order valence-electron chi connectivity index (χ0n) is 8.65. The maximum absolute atomic E-state index is 10.7.